The van der Waals surface area contributed by atoms with Crippen molar-refractivity contribution in [3.05, 3.63) is 30.2 Å². The molecule has 2 heterocycles. The molecule has 1 saturated carbocycles. The molecule has 1 aliphatic carbocycles. The van der Waals surface area contributed by atoms with Crippen molar-refractivity contribution in [1.82, 2.24) is 9.88 Å². The Morgan fingerprint density at radius 1 is 1.26 bits per heavy atom. The molecule has 1 aromatic carbocycles. The Balaban J connectivity index is 1.43. The third-order valence-corrected chi connectivity index (χ3v) is 6.15. The van der Waals surface area contributed by atoms with Gasteiger partial charge in [-0.2, -0.15) is 0 Å². The molecular formula is C20H26N4O2S. The summed E-state index contributed by atoms with van der Waals surface area (Å²) in [5, 5.41) is 4.53. The molecule has 1 unspecified atom stereocenters. The maximum Gasteiger partial charge on any atom is 0.229 e. The number of nitrogens with zero attached hydrogens (tertiary/aromatic N) is 3. The fraction of sp³-hybridized carbons (Fsp3) is 0.500. The number of hydrogen-bond donors (Lipinski definition) is 1. The van der Waals surface area contributed by atoms with Crippen LogP contribution in [0.1, 0.15) is 32.1 Å². The summed E-state index contributed by atoms with van der Waals surface area (Å²) in [6.45, 7) is 1.03. The van der Waals surface area contributed by atoms with Crippen LogP contribution in [0.3, 0.4) is 0 Å². The number of hydrogen-bond acceptors (Lipinski definition) is 7. The third-order valence-electron chi connectivity index (χ3n) is 5.17. The van der Waals surface area contributed by atoms with Gasteiger partial charge >= 0.3 is 0 Å². The van der Waals surface area contributed by atoms with E-state index in [0.717, 1.165) is 33.6 Å². The zero-order valence-corrected chi connectivity index (χ0v) is 16.7. The molecule has 0 bridgehead atoms. The van der Waals surface area contributed by atoms with E-state index >= 15 is 0 Å². The van der Waals surface area contributed by atoms with Crippen molar-refractivity contribution in [2.75, 3.05) is 26.0 Å². The van der Waals surface area contributed by atoms with Gasteiger partial charge in [-0.15, -0.1) is 0 Å². The zero-order chi connectivity index (χ0) is 18.6. The Kier molecular flexibility index (Phi) is 5.59. The first-order chi connectivity index (χ1) is 13.2. The minimum absolute atomic E-state index is 0.354. The Morgan fingerprint density at radius 3 is 2.93 bits per heavy atom. The second-order valence-corrected chi connectivity index (χ2v) is 8.14. The maximum atomic E-state index is 6.05. The summed E-state index contributed by atoms with van der Waals surface area (Å²) in [6.07, 6.45) is 9.99. The van der Waals surface area contributed by atoms with Gasteiger partial charge in [0, 0.05) is 39.1 Å². The van der Waals surface area contributed by atoms with Crippen LogP contribution in [0.2, 0.25) is 0 Å². The van der Waals surface area contributed by atoms with Crippen LogP contribution in [0.5, 0.6) is 5.75 Å². The van der Waals surface area contributed by atoms with Crippen LogP contribution < -0.4 is 10.1 Å². The molecule has 2 aromatic rings. The molecule has 2 aliphatic rings. The molecule has 1 fully saturated rings. The number of thiazole rings is 1. The summed E-state index contributed by atoms with van der Waals surface area (Å²) in [6, 6.07) is 6.01. The molecule has 0 spiro atoms. The van der Waals surface area contributed by atoms with Crippen molar-refractivity contribution in [2.24, 2.45) is 10.9 Å². The molecule has 1 aliphatic heterocycles. The Labute approximate surface area is 163 Å². The van der Waals surface area contributed by atoms with Gasteiger partial charge in [0.05, 0.1) is 10.2 Å². The zero-order valence-electron chi connectivity index (χ0n) is 15.9. The summed E-state index contributed by atoms with van der Waals surface area (Å²) in [7, 11) is 3.53. The van der Waals surface area contributed by atoms with Gasteiger partial charge in [-0.05, 0) is 30.9 Å². The highest BCUT2D eigenvalue weighted by Gasteiger charge is 2.20. The third kappa shape index (κ3) is 4.25. The summed E-state index contributed by atoms with van der Waals surface area (Å²) in [5.74, 6) is 2.28. The van der Waals surface area contributed by atoms with Gasteiger partial charge in [0.15, 0.2) is 5.13 Å². The van der Waals surface area contributed by atoms with Gasteiger partial charge < -0.3 is 19.7 Å². The lowest BCUT2D eigenvalue weighted by molar-refractivity contribution is -0.0130. The number of methoxy groups -OCH3 is 1. The van der Waals surface area contributed by atoms with Crippen molar-refractivity contribution in [3.63, 3.8) is 0 Å². The van der Waals surface area contributed by atoms with Crippen LogP contribution in [0, 0.1) is 5.92 Å². The molecule has 0 amide bonds. The SMILES string of the molecule is COC1N=CC=C(Oc2ccc3nc(NCC4CCCCC4)sc3c2)N1C. The normalized spacial score (nSPS) is 20.7. The van der Waals surface area contributed by atoms with E-state index in [2.05, 4.69) is 10.3 Å². The maximum absolute atomic E-state index is 6.05. The average molecular weight is 387 g/mol. The molecule has 0 radical (unpaired) electrons. The first kappa shape index (κ1) is 18.3. The van der Waals surface area contributed by atoms with E-state index in [4.69, 9.17) is 14.5 Å². The predicted octanol–water partition coefficient (Wildman–Crippen LogP) is 4.45. The number of aliphatic imine (C=N–C) groups is 1. The van der Waals surface area contributed by atoms with Crippen molar-refractivity contribution in [2.45, 2.75) is 38.5 Å². The number of nitrogens with one attached hydrogen (secondary N) is 1. The van der Waals surface area contributed by atoms with Gasteiger partial charge in [-0.25, -0.2) is 9.98 Å². The lowest BCUT2D eigenvalue weighted by Crippen LogP contribution is -2.35. The molecule has 0 saturated heterocycles. The molecule has 1 aromatic heterocycles. The van der Waals surface area contributed by atoms with Crippen LogP contribution in [0.4, 0.5) is 5.13 Å². The standard InChI is InChI=1S/C20H26N4O2S/c1-24-18(10-11-21-20(24)25-2)26-15-8-9-16-17(12-15)27-19(23-16)22-13-14-6-4-3-5-7-14/h8-12,14,20H,3-7,13H2,1-2H3,(H,22,23). The number of benzene rings is 1. The molecule has 4 rings (SSSR count). The van der Waals surface area contributed by atoms with Crippen LogP contribution in [0.15, 0.2) is 35.2 Å². The summed E-state index contributed by atoms with van der Waals surface area (Å²) in [4.78, 5) is 10.8. The second kappa shape index (κ2) is 8.27. The van der Waals surface area contributed by atoms with Gasteiger partial charge in [-0.3, -0.25) is 0 Å². The number of anilines is 1. The highest BCUT2D eigenvalue weighted by Crippen LogP contribution is 2.31. The van der Waals surface area contributed by atoms with Crippen LogP contribution in [-0.4, -0.2) is 43.2 Å². The molecule has 144 valence electrons. The fourth-order valence-corrected chi connectivity index (χ4v) is 4.52. The number of fused-ring (bicyclic) bond motifs is 1. The molecule has 1 atom stereocenters. The number of allylic oxidation sites excluding steroid dienone is 1. The molecule has 1 N–H and O–H groups in total. The molecule has 27 heavy (non-hydrogen) atoms. The van der Waals surface area contributed by atoms with E-state index in [-0.39, 0.29) is 6.35 Å². The van der Waals surface area contributed by atoms with Crippen molar-refractivity contribution < 1.29 is 9.47 Å². The van der Waals surface area contributed by atoms with Crippen molar-refractivity contribution in [1.29, 1.82) is 0 Å². The van der Waals surface area contributed by atoms with Gasteiger partial charge in [0.25, 0.3) is 0 Å². The number of rotatable bonds is 6. The van der Waals surface area contributed by atoms with E-state index in [0.29, 0.717) is 5.88 Å². The van der Waals surface area contributed by atoms with Crippen molar-refractivity contribution >= 4 is 32.9 Å². The van der Waals surface area contributed by atoms with Gasteiger partial charge in [-0.1, -0.05) is 30.6 Å². The monoisotopic (exact) mass is 386 g/mol. The lowest BCUT2D eigenvalue weighted by Gasteiger charge is -2.29. The number of aromatic nitrogens is 1. The van der Waals surface area contributed by atoms with E-state index in [1.54, 1.807) is 24.7 Å². The summed E-state index contributed by atoms with van der Waals surface area (Å²) >= 11 is 1.68. The Hall–Kier alpha value is -2.12. The largest absolute Gasteiger partial charge is 0.441 e. The van der Waals surface area contributed by atoms with Gasteiger partial charge in [0.1, 0.15) is 5.75 Å². The average Bonchev–Trinajstić information content (AvgIpc) is 3.11. The fourth-order valence-electron chi connectivity index (χ4n) is 3.62. The van der Waals surface area contributed by atoms with E-state index < -0.39 is 0 Å². The topological polar surface area (TPSA) is 59.0 Å². The first-order valence-electron chi connectivity index (χ1n) is 9.54. The van der Waals surface area contributed by atoms with E-state index in [1.165, 1.54) is 32.1 Å². The second-order valence-electron chi connectivity index (χ2n) is 7.11. The smallest absolute Gasteiger partial charge is 0.229 e. The quantitative estimate of drug-likeness (QED) is 0.794. The van der Waals surface area contributed by atoms with Crippen LogP contribution in [-0.2, 0) is 4.74 Å². The highest BCUT2D eigenvalue weighted by molar-refractivity contribution is 7.22. The Morgan fingerprint density at radius 2 is 2.11 bits per heavy atom. The highest BCUT2D eigenvalue weighted by atomic mass is 32.1. The van der Waals surface area contributed by atoms with E-state index in [9.17, 15) is 0 Å². The van der Waals surface area contributed by atoms with Crippen LogP contribution in [0.25, 0.3) is 10.2 Å². The van der Waals surface area contributed by atoms with Crippen molar-refractivity contribution in [3.8, 4) is 5.75 Å². The number of ether oxygens (including phenoxy) is 2. The summed E-state index contributed by atoms with van der Waals surface area (Å²) in [5.41, 5.74) is 1.00. The molecule has 6 nitrogen and oxygen atoms in total. The van der Waals surface area contributed by atoms with E-state index in [1.807, 2.05) is 36.2 Å². The first-order valence-corrected chi connectivity index (χ1v) is 10.4. The minimum atomic E-state index is -0.354. The predicted molar refractivity (Wildman–Crippen MR) is 110 cm³/mol. The molecular weight excluding hydrogens is 360 g/mol. The van der Waals surface area contributed by atoms with Crippen LogP contribution >= 0.6 is 11.3 Å². The minimum Gasteiger partial charge on any atom is -0.441 e. The lowest BCUT2D eigenvalue weighted by atomic mass is 9.89. The summed E-state index contributed by atoms with van der Waals surface area (Å²) < 4.78 is 12.5. The Bertz CT molecular complexity index is 842. The molecule has 7 heteroatoms. The van der Waals surface area contributed by atoms with Gasteiger partial charge in [0.2, 0.25) is 12.2 Å².